The van der Waals surface area contributed by atoms with Gasteiger partial charge in [0.05, 0.1) is 10.5 Å². The molecule has 0 aliphatic rings. The maximum absolute atomic E-state index is 12.1. The van der Waals surface area contributed by atoms with Crippen molar-refractivity contribution in [1.29, 1.82) is 0 Å². The second kappa shape index (κ2) is 5.80. The predicted molar refractivity (Wildman–Crippen MR) is 82.1 cm³/mol. The van der Waals surface area contributed by atoms with Crippen LogP contribution in [0.5, 0.6) is 0 Å². The van der Waals surface area contributed by atoms with Crippen LogP contribution in [0.2, 0.25) is 0 Å². The molecule has 2 rings (SSSR count). The lowest BCUT2D eigenvalue weighted by molar-refractivity contribution is 0.102. The lowest BCUT2D eigenvalue weighted by Crippen LogP contribution is -2.16. The zero-order chi connectivity index (χ0) is 15.6. The summed E-state index contributed by atoms with van der Waals surface area (Å²) in [7, 11) is -3.84. The van der Waals surface area contributed by atoms with Crippen LogP contribution in [-0.2, 0) is 10.0 Å². The molecule has 110 valence electrons. The van der Waals surface area contributed by atoms with Crippen LogP contribution < -0.4 is 16.2 Å². The molecular weight excluding hydrogens is 360 g/mol. The number of pyridine rings is 1. The van der Waals surface area contributed by atoms with Gasteiger partial charge in [-0.15, -0.1) is 0 Å². The summed E-state index contributed by atoms with van der Waals surface area (Å²) in [4.78, 5) is 15.9. The SMILES string of the molecule is Nc1ncc(Br)cc1C(=O)Nc1cccc(S(N)(=O)=O)c1. The standard InChI is InChI=1S/C12H11BrN4O3S/c13-7-4-10(11(14)16-6-7)12(18)17-8-2-1-3-9(5-8)21(15,19)20/h1-6H,(H2,14,16)(H,17,18)(H2,15,19,20). The van der Waals surface area contributed by atoms with Crippen molar-refractivity contribution in [2.24, 2.45) is 5.14 Å². The zero-order valence-electron chi connectivity index (χ0n) is 10.6. The van der Waals surface area contributed by atoms with E-state index in [2.05, 4.69) is 26.2 Å². The Kier molecular flexibility index (Phi) is 4.26. The molecule has 1 aromatic heterocycles. The fraction of sp³-hybridized carbons (Fsp3) is 0. The van der Waals surface area contributed by atoms with Crippen molar-refractivity contribution in [3.8, 4) is 0 Å². The van der Waals surface area contributed by atoms with E-state index in [0.29, 0.717) is 4.47 Å². The molecule has 0 radical (unpaired) electrons. The molecular formula is C12H11BrN4O3S. The largest absolute Gasteiger partial charge is 0.383 e. The normalized spacial score (nSPS) is 11.1. The van der Waals surface area contributed by atoms with Crippen molar-refractivity contribution in [1.82, 2.24) is 4.98 Å². The minimum atomic E-state index is -3.84. The highest BCUT2D eigenvalue weighted by Crippen LogP contribution is 2.19. The van der Waals surface area contributed by atoms with Gasteiger partial charge in [0, 0.05) is 16.4 Å². The highest BCUT2D eigenvalue weighted by molar-refractivity contribution is 9.10. The van der Waals surface area contributed by atoms with E-state index >= 15 is 0 Å². The Morgan fingerprint density at radius 1 is 1.29 bits per heavy atom. The fourth-order valence-electron chi connectivity index (χ4n) is 1.58. The number of sulfonamides is 1. The number of benzene rings is 1. The van der Waals surface area contributed by atoms with Crippen molar-refractivity contribution in [2.75, 3.05) is 11.1 Å². The molecule has 0 saturated carbocycles. The van der Waals surface area contributed by atoms with Crippen molar-refractivity contribution in [3.63, 3.8) is 0 Å². The van der Waals surface area contributed by atoms with Crippen LogP contribution in [-0.4, -0.2) is 19.3 Å². The minimum absolute atomic E-state index is 0.0679. The second-order valence-electron chi connectivity index (χ2n) is 4.11. The number of amides is 1. The molecule has 0 aliphatic heterocycles. The smallest absolute Gasteiger partial charge is 0.259 e. The van der Waals surface area contributed by atoms with Gasteiger partial charge in [-0.1, -0.05) is 6.07 Å². The van der Waals surface area contributed by atoms with Gasteiger partial charge in [0.25, 0.3) is 5.91 Å². The molecule has 5 N–H and O–H groups in total. The van der Waals surface area contributed by atoms with Crippen LogP contribution in [0.15, 0.2) is 45.9 Å². The Morgan fingerprint density at radius 3 is 2.67 bits per heavy atom. The highest BCUT2D eigenvalue weighted by Gasteiger charge is 2.13. The van der Waals surface area contributed by atoms with E-state index in [1.807, 2.05) is 0 Å². The quantitative estimate of drug-likeness (QED) is 0.750. The van der Waals surface area contributed by atoms with Crippen LogP contribution >= 0.6 is 15.9 Å². The number of nitrogens with two attached hydrogens (primary N) is 2. The van der Waals surface area contributed by atoms with Crippen LogP contribution in [0.3, 0.4) is 0 Å². The summed E-state index contributed by atoms with van der Waals surface area (Å²) in [5, 5.41) is 7.57. The summed E-state index contributed by atoms with van der Waals surface area (Å²) in [5.41, 5.74) is 6.09. The summed E-state index contributed by atoms with van der Waals surface area (Å²) in [6.45, 7) is 0. The van der Waals surface area contributed by atoms with E-state index in [1.165, 1.54) is 36.5 Å². The third-order valence-corrected chi connectivity index (χ3v) is 3.89. The predicted octanol–water partition coefficient (Wildman–Crippen LogP) is 1.33. The van der Waals surface area contributed by atoms with Crippen LogP contribution in [0, 0.1) is 0 Å². The van der Waals surface area contributed by atoms with Gasteiger partial charge in [-0.2, -0.15) is 0 Å². The Balaban J connectivity index is 2.30. The molecule has 0 unspecified atom stereocenters. The molecule has 0 bridgehead atoms. The van der Waals surface area contributed by atoms with E-state index in [-0.39, 0.29) is 22.0 Å². The molecule has 0 saturated heterocycles. The summed E-state index contributed by atoms with van der Waals surface area (Å²) in [6.07, 6.45) is 1.47. The van der Waals surface area contributed by atoms with Gasteiger partial charge in [-0.05, 0) is 40.2 Å². The van der Waals surface area contributed by atoms with Crippen molar-refractivity contribution < 1.29 is 13.2 Å². The van der Waals surface area contributed by atoms with Crippen LogP contribution in [0.25, 0.3) is 0 Å². The monoisotopic (exact) mass is 370 g/mol. The third kappa shape index (κ3) is 3.78. The Bertz CT molecular complexity index is 808. The number of nitrogens with one attached hydrogen (secondary N) is 1. The highest BCUT2D eigenvalue weighted by atomic mass is 79.9. The molecule has 7 nitrogen and oxygen atoms in total. The van der Waals surface area contributed by atoms with Gasteiger partial charge in [-0.25, -0.2) is 18.5 Å². The first-order valence-electron chi connectivity index (χ1n) is 5.62. The molecule has 1 aromatic carbocycles. The zero-order valence-corrected chi connectivity index (χ0v) is 13.0. The molecule has 21 heavy (non-hydrogen) atoms. The number of anilines is 2. The van der Waals surface area contributed by atoms with E-state index < -0.39 is 15.9 Å². The molecule has 1 heterocycles. The molecule has 0 fully saturated rings. The van der Waals surface area contributed by atoms with Crippen molar-refractivity contribution in [3.05, 3.63) is 46.6 Å². The topological polar surface area (TPSA) is 128 Å². The number of carbonyl (C=O) groups excluding carboxylic acids is 1. The van der Waals surface area contributed by atoms with E-state index in [4.69, 9.17) is 10.9 Å². The maximum atomic E-state index is 12.1. The first kappa shape index (κ1) is 15.4. The lowest BCUT2D eigenvalue weighted by Gasteiger charge is -2.08. The molecule has 0 atom stereocenters. The van der Waals surface area contributed by atoms with Crippen LogP contribution in [0.4, 0.5) is 11.5 Å². The number of carbonyl (C=O) groups is 1. The van der Waals surface area contributed by atoms with E-state index in [9.17, 15) is 13.2 Å². The summed E-state index contributed by atoms with van der Waals surface area (Å²) in [6, 6.07) is 7.11. The first-order chi connectivity index (χ1) is 9.77. The van der Waals surface area contributed by atoms with Gasteiger partial charge >= 0.3 is 0 Å². The number of halogens is 1. The molecule has 0 aliphatic carbocycles. The second-order valence-corrected chi connectivity index (χ2v) is 6.59. The van der Waals surface area contributed by atoms with Gasteiger partial charge in [0.1, 0.15) is 5.82 Å². The Labute approximate surface area is 129 Å². The van der Waals surface area contributed by atoms with Crippen LogP contribution in [0.1, 0.15) is 10.4 Å². The molecule has 9 heteroatoms. The number of primary sulfonamides is 1. The third-order valence-electron chi connectivity index (χ3n) is 2.55. The number of hydrogen-bond acceptors (Lipinski definition) is 5. The number of rotatable bonds is 3. The molecule has 0 spiro atoms. The molecule has 1 amide bonds. The van der Waals surface area contributed by atoms with Gasteiger partial charge in [0.2, 0.25) is 10.0 Å². The van der Waals surface area contributed by atoms with Gasteiger partial charge < -0.3 is 11.1 Å². The number of aromatic nitrogens is 1. The van der Waals surface area contributed by atoms with E-state index in [0.717, 1.165) is 0 Å². The van der Waals surface area contributed by atoms with Gasteiger partial charge in [-0.3, -0.25) is 4.79 Å². The Morgan fingerprint density at radius 2 is 2.00 bits per heavy atom. The minimum Gasteiger partial charge on any atom is -0.383 e. The average molecular weight is 371 g/mol. The summed E-state index contributed by atoms with van der Waals surface area (Å²) >= 11 is 3.19. The summed E-state index contributed by atoms with van der Waals surface area (Å²) < 4.78 is 23.1. The first-order valence-corrected chi connectivity index (χ1v) is 7.96. The van der Waals surface area contributed by atoms with Gasteiger partial charge in [0.15, 0.2) is 0 Å². The fourth-order valence-corrected chi connectivity index (χ4v) is 2.47. The maximum Gasteiger partial charge on any atom is 0.259 e. The van der Waals surface area contributed by atoms with E-state index in [1.54, 1.807) is 0 Å². The van der Waals surface area contributed by atoms with Crippen molar-refractivity contribution in [2.45, 2.75) is 4.90 Å². The van der Waals surface area contributed by atoms with Crippen molar-refractivity contribution >= 4 is 43.4 Å². The summed E-state index contributed by atoms with van der Waals surface area (Å²) in [5.74, 6) is -0.439. The Hall–Kier alpha value is -1.97. The number of nitrogens with zero attached hydrogens (tertiary/aromatic N) is 1. The average Bonchev–Trinajstić information content (AvgIpc) is 2.41. The number of nitrogen functional groups attached to an aromatic ring is 1. The lowest BCUT2D eigenvalue weighted by atomic mass is 10.2. The molecule has 2 aromatic rings. The number of hydrogen-bond donors (Lipinski definition) is 3.